The minimum atomic E-state index is -0.840. The maximum absolute atomic E-state index is 12.8. The Hall–Kier alpha value is -1.84. The topological polar surface area (TPSA) is 46.6 Å². The normalized spacial score (nSPS) is 32.9. The van der Waals surface area contributed by atoms with Gasteiger partial charge in [0.2, 0.25) is 6.10 Å². The smallest absolute Gasteiger partial charge is 0.307 e. The van der Waals surface area contributed by atoms with Crippen LogP contribution in [0, 0.1) is 23.2 Å². The fourth-order valence-electron chi connectivity index (χ4n) is 6.11. The maximum atomic E-state index is 12.8. The first-order chi connectivity index (χ1) is 12.4. The molecule has 1 atom stereocenters. The van der Waals surface area contributed by atoms with Gasteiger partial charge < -0.3 is 9.64 Å². The Labute approximate surface area is 155 Å². The SMILES string of the molecule is CN(C)C(=O)[C@@H](OC(=O)CC12CC3CC(CC(C3)C1)C2)c1ccccc1. The van der Waals surface area contributed by atoms with Crippen molar-refractivity contribution in [1.29, 1.82) is 0 Å². The highest BCUT2D eigenvalue weighted by Gasteiger charge is 2.51. The van der Waals surface area contributed by atoms with Crippen LogP contribution in [-0.4, -0.2) is 30.9 Å². The fraction of sp³-hybridized carbons (Fsp3) is 0.636. The first-order valence-electron chi connectivity index (χ1n) is 9.90. The van der Waals surface area contributed by atoms with Crippen molar-refractivity contribution in [3.8, 4) is 0 Å². The Kier molecular flexibility index (Phi) is 4.54. The van der Waals surface area contributed by atoms with Crippen LogP contribution in [0.3, 0.4) is 0 Å². The molecule has 4 aliphatic carbocycles. The van der Waals surface area contributed by atoms with E-state index in [1.807, 2.05) is 30.3 Å². The van der Waals surface area contributed by atoms with Crippen LogP contribution >= 0.6 is 0 Å². The van der Waals surface area contributed by atoms with Gasteiger partial charge in [-0.05, 0) is 61.7 Å². The van der Waals surface area contributed by atoms with Gasteiger partial charge >= 0.3 is 5.97 Å². The molecule has 0 radical (unpaired) electrons. The zero-order valence-corrected chi connectivity index (χ0v) is 15.8. The predicted octanol–water partition coefficient (Wildman–Crippen LogP) is 3.97. The molecule has 4 fully saturated rings. The average Bonchev–Trinajstić information content (AvgIpc) is 2.58. The third kappa shape index (κ3) is 3.38. The van der Waals surface area contributed by atoms with Crippen molar-refractivity contribution in [1.82, 2.24) is 4.90 Å². The van der Waals surface area contributed by atoms with Crippen molar-refractivity contribution in [3.63, 3.8) is 0 Å². The van der Waals surface area contributed by atoms with E-state index in [0.717, 1.165) is 23.3 Å². The Morgan fingerprint density at radius 1 is 1.04 bits per heavy atom. The summed E-state index contributed by atoms with van der Waals surface area (Å²) in [6, 6.07) is 9.35. The molecule has 140 valence electrons. The van der Waals surface area contributed by atoms with Crippen LogP contribution in [0.15, 0.2) is 30.3 Å². The number of carbonyl (C=O) groups excluding carboxylic acids is 2. The van der Waals surface area contributed by atoms with Crippen LogP contribution in [0.4, 0.5) is 0 Å². The molecule has 0 aliphatic heterocycles. The molecule has 0 heterocycles. The summed E-state index contributed by atoms with van der Waals surface area (Å²) in [6.45, 7) is 0. The Morgan fingerprint density at radius 2 is 1.58 bits per heavy atom. The molecular weight excluding hydrogens is 326 g/mol. The lowest BCUT2D eigenvalue weighted by atomic mass is 9.49. The molecule has 1 aromatic carbocycles. The van der Waals surface area contributed by atoms with E-state index in [9.17, 15) is 9.59 Å². The molecule has 0 saturated heterocycles. The molecule has 26 heavy (non-hydrogen) atoms. The van der Waals surface area contributed by atoms with Crippen molar-refractivity contribution in [2.24, 2.45) is 23.2 Å². The van der Waals surface area contributed by atoms with E-state index in [0.29, 0.717) is 6.42 Å². The number of hydrogen-bond acceptors (Lipinski definition) is 3. The third-order valence-electron chi connectivity index (χ3n) is 6.70. The second kappa shape index (κ2) is 6.71. The number of carbonyl (C=O) groups is 2. The van der Waals surface area contributed by atoms with Crippen molar-refractivity contribution >= 4 is 11.9 Å². The number of amides is 1. The number of esters is 1. The number of ether oxygens (including phenoxy) is 1. The maximum Gasteiger partial charge on any atom is 0.307 e. The molecule has 0 spiro atoms. The van der Waals surface area contributed by atoms with E-state index >= 15 is 0 Å². The molecule has 1 amide bonds. The summed E-state index contributed by atoms with van der Waals surface area (Å²) in [5.74, 6) is 2.03. The lowest BCUT2D eigenvalue weighted by Crippen LogP contribution is -2.47. The Bertz CT molecular complexity index is 647. The van der Waals surface area contributed by atoms with E-state index in [2.05, 4.69) is 0 Å². The summed E-state index contributed by atoms with van der Waals surface area (Å²) in [6.07, 6.45) is 7.23. The summed E-state index contributed by atoms with van der Waals surface area (Å²) >= 11 is 0. The summed E-state index contributed by atoms with van der Waals surface area (Å²) < 4.78 is 5.77. The molecule has 0 unspecified atom stereocenters. The van der Waals surface area contributed by atoms with E-state index in [1.54, 1.807) is 14.1 Å². The summed E-state index contributed by atoms with van der Waals surface area (Å²) in [7, 11) is 3.40. The zero-order chi connectivity index (χ0) is 18.3. The van der Waals surface area contributed by atoms with Gasteiger partial charge in [-0.15, -0.1) is 0 Å². The number of nitrogens with zero attached hydrogens (tertiary/aromatic N) is 1. The first kappa shape index (κ1) is 17.6. The van der Waals surface area contributed by atoms with Crippen molar-refractivity contribution in [2.45, 2.75) is 51.0 Å². The lowest BCUT2D eigenvalue weighted by molar-refractivity contribution is -0.165. The lowest BCUT2D eigenvalue weighted by Gasteiger charge is -2.56. The highest BCUT2D eigenvalue weighted by molar-refractivity contribution is 5.84. The van der Waals surface area contributed by atoms with Crippen molar-refractivity contribution in [2.75, 3.05) is 14.1 Å². The standard InChI is InChI=1S/C22H29NO3/c1-23(2)21(25)20(18-6-4-3-5-7-18)26-19(24)14-22-11-15-8-16(12-22)10-17(9-15)13-22/h3-7,15-17,20H,8-14H2,1-2H3/t15?,16?,17?,20-,22?/m0/s1. The molecule has 4 nitrogen and oxygen atoms in total. The molecule has 4 saturated carbocycles. The van der Waals surface area contributed by atoms with Gasteiger partial charge in [0, 0.05) is 19.7 Å². The molecule has 5 rings (SSSR count). The molecule has 1 aromatic rings. The number of rotatable bonds is 5. The highest BCUT2D eigenvalue weighted by Crippen LogP contribution is 2.61. The Balaban J connectivity index is 1.48. The van der Waals surface area contributed by atoms with Crippen LogP contribution in [0.5, 0.6) is 0 Å². The molecular formula is C22H29NO3. The van der Waals surface area contributed by atoms with Gasteiger partial charge in [-0.3, -0.25) is 9.59 Å². The van der Waals surface area contributed by atoms with E-state index in [4.69, 9.17) is 4.74 Å². The van der Waals surface area contributed by atoms with Crippen LogP contribution < -0.4 is 0 Å². The van der Waals surface area contributed by atoms with E-state index in [-0.39, 0.29) is 17.3 Å². The van der Waals surface area contributed by atoms with Gasteiger partial charge in [-0.2, -0.15) is 0 Å². The molecule has 4 bridgehead atoms. The number of likely N-dealkylation sites (N-methyl/N-ethyl adjacent to an activating group) is 1. The molecule has 0 aromatic heterocycles. The van der Waals surface area contributed by atoms with Crippen LogP contribution in [0.1, 0.15) is 56.6 Å². The van der Waals surface area contributed by atoms with Crippen LogP contribution in [0.2, 0.25) is 0 Å². The van der Waals surface area contributed by atoms with Gasteiger partial charge in [0.15, 0.2) is 0 Å². The third-order valence-corrected chi connectivity index (χ3v) is 6.70. The largest absolute Gasteiger partial charge is 0.447 e. The zero-order valence-electron chi connectivity index (χ0n) is 15.8. The summed E-state index contributed by atoms with van der Waals surface area (Å²) in [5, 5.41) is 0. The average molecular weight is 355 g/mol. The van der Waals surface area contributed by atoms with E-state index < -0.39 is 6.10 Å². The number of hydrogen-bond donors (Lipinski definition) is 0. The van der Waals surface area contributed by atoms with Gasteiger partial charge in [0.05, 0.1) is 6.42 Å². The van der Waals surface area contributed by atoms with Crippen molar-refractivity contribution in [3.05, 3.63) is 35.9 Å². The predicted molar refractivity (Wildman–Crippen MR) is 99.2 cm³/mol. The molecule has 4 aliphatic rings. The Morgan fingerprint density at radius 3 is 2.08 bits per heavy atom. The monoisotopic (exact) mass is 355 g/mol. The van der Waals surface area contributed by atoms with Gasteiger partial charge in [-0.25, -0.2) is 0 Å². The summed E-state index contributed by atoms with van der Waals surface area (Å²) in [4.78, 5) is 26.9. The highest BCUT2D eigenvalue weighted by atomic mass is 16.5. The molecule has 0 N–H and O–H groups in total. The minimum absolute atomic E-state index is 0.133. The fourth-order valence-corrected chi connectivity index (χ4v) is 6.11. The van der Waals surface area contributed by atoms with Gasteiger partial charge in [0.1, 0.15) is 0 Å². The minimum Gasteiger partial charge on any atom is -0.447 e. The molecule has 4 heteroatoms. The number of benzene rings is 1. The van der Waals surface area contributed by atoms with Crippen molar-refractivity contribution < 1.29 is 14.3 Å². The van der Waals surface area contributed by atoms with E-state index in [1.165, 1.54) is 43.4 Å². The van der Waals surface area contributed by atoms with Crippen LogP contribution in [0.25, 0.3) is 0 Å². The second-order valence-electron chi connectivity index (χ2n) is 9.11. The van der Waals surface area contributed by atoms with Crippen LogP contribution in [-0.2, 0) is 14.3 Å². The quantitative estimate of drug-likeness (QED) is 0.751. The second-order valence-corrected chi connectivity index (χ2v) is 9.11. The summed E-state index contributed by atoms with van der Waals surface area (Å²) in [5.41, 5.74) is 0.874. The van der Waals surface area contributed by atoms with Gasteiger partial charge in [0.25, 0.3) is 5.91 Å². The first-order valence-corrected chi connectivity index (χ1v) is 9.90. The van der Waals surface area contributed by atoms with Gasteiger partial charge in [-0.1, -0.05) is 30.3 Å².